The third-order valence-electron chi connectivity index (χ3n) is 2.99. The van der Waals surface area contributed by atoms with Crippen LogP contribution in [0.5, 0.6) is 0 Å². The van der Waals surface area contributed by atoms with Crippen molar-refractivity contribution in [1.82, 2.24) is 0 Å². The van der Waals surface area contributed by atoms with Crippen molar-refractivity contribution in [2.45, 2.75) is 33.1 Å². The fraction of sp³-hybridized carbons (Fsp3) is 0.533. The van der Waals surface area contributed by atoms with Crippen molar-refractivity contribution in [2.24, 2.45) is 5.92 Å². The van der Waals surface area contributed by atoms with Crippen molar-refractivity contribution >= 4 is 39.7 Å². The highest BCUT2D eigenvalue weighted by molar-refractivity contribution is 7.84. The average Bonchev–Trinajstić information content (AvgIpc) is 2.39. The zero-order valence-corrected chi connectivity index (χ0v) is 14.1. The van der Waals surface area contributed by atoms with Crippen LogP contribution in [0.25, 0.3) is 0 Å². The predicted molar refractivity (Wildman–Crippen MR) is 91.1 cm³/mol. The minimum atomic E-state index is -0.833. The molecule has 0 bridgehead atoms. The Labute approximate surface area is 133 Å². The molecule has 0 heterocycles. The van der Waals surface area contributed by atoms with E-state index >= 15 is 0 Å². The van der Waals surface area contributed by atoms with E-state index in [0.29, 0.717) is 46.7 Å². The van der Waals surface area contributed by atoms with Crippen LogP contribution in [-0.2, 0) is 15.6 Å². The topological polar surface area (TPSA) is 72.2 Å². The summed E-state index contributed by atoms with van der Waals surface area (Å²) in [7, 11) is -0.833. The molecule has 0 saturated carbocycles. The van der Waals surface area contributed by atoms with E-state index < -0.39 is 10.8 Å². The Morgan fingerprint density at radius 1 is 1.38 bits per heavy atom. The van der Waals surface area contributed by atoms with E-state index in [4.69, 9.17) is 17.3 Å². The number of carbonyl (C=O) groups excluding carboxylic acids is 1. The summed E-state index contributed by atoms with van der Waals surface area (Å²) < 4.78 is 11.7. The zero-order valence-electron chi connectivity index (χ0n) is 12.5. The first-order valence-electron chi connectivity index (χ1n) is 7.08. The summed E-state index contributed by atoms with van der Waals surface area (Å²) in [5, 5.41) is 3.27. The number of nitrogens with two attached hydrogens (primary N) is 1. The van der Waals surface area contributed by atoms with Gasteiger partial charge in [-0.3, -0.25) is 9.00 Å². The van der Waals surface area contributed by atoms with Gasteiger partial charge in [0.2, 0.25) is 5.91 Å². The Balaban J connectivity index is 2.29. The van der Waals surface area contributed by atoms with E-state index in [0.717, 1.165) is 6.42 Å². The molecular formula is C15H23ClN2O2S. The average molecular weight is 331 g/mol. The van der Waals surface area contributed by atoms with Gasteiger partial charge < -0.3 is 11.1 Å². The van der Waals surface area contributed by atoms with E-state index in [9.17, 15) is 9.00 Å². The molecule has 1 rings (SSSR count). The molecule has 1 amide bonds. The molecule has 0 aliphatic carbocycles. The van der Waals surface area contributed by atoms with Crippen LogP contribution < -0.4 is 11.1 Å². The van der Waals surface area contributed by atoms with Crippen LogP contribution in [0.1, 0.15) is 33.1 Å². The van der Waals surface area contributed by atoms with E-state index in [1.54, 1.807) is 18.2 Å². The standard InChI is InChI=1S/C15H23ClN2O2S/c1-11(2)7-9-21(20)8-3-4-15(19)18-14-6-5-12(16)10-13(14)17/h5-6,10-11H,3-4,7-9,17H2,1-2H3,(H,18,19). The van der Waals surface area contributed by atoms with Gasteiger partial charge in [0.15, 0.2) is 0 Å². The van der Waals surface area contributed by atoms with Crippen LogP contribution in [0, 0.1) is 5.92 Å². The Kier molecular flexibility index (Phi) is 7.75. The molecule has 0 aromatic heterocycles. The number of nitrogen functional groups attached to an aromatic ring is 1. The summed E-state index contributed by atoms with van der Waals surface area (Å²) in [5.74, 6) is 1.72. The number of anilines is 2. The lowest BCUT2D eigenvalue weighted by Crippen LogP contribution is -2.14. The Morgan fingerprint density at radius 2 is 2.10 bits per heavy atom. The lowest BCUT2D eigenvalue weighted by molar-refractivity contribution is -0.116. The maximum absolute atomic E-state index is 11.8. The van der Waals surface area contributed by atoms with E-state index in [1.807, 2.05) is 0 Å². The van der Waals surface area contributed by atoms with Gasteiger partial charge in [0.25, 0.3) is 0 Å². The summed E-state index contributed by atoms with van der Waals surface area (Å²) in [6, 6.07) is 4.95. The minimum Gasteiger partial charge on any atom is -0.397 e. The third-order valence-corrected chi connectivity index (χ3v) is 4.66. The summed E-state index contributed by atoms with van der Waals surface area (Å²) in [4.78, 5) is 11.8. The molecule has 0 radical (unpaired) electrons. The number of amides is 1. The summed E-state index contributed by atoms with van der Waals surface area (Å²) in [6.07, 6.45) is 1.92. The highest BCUT2D eigenvalue weighted by Gasteiger charge is 2.07. The van der Waals surface area contributed by atoms with E-state index in [1.165, 1.54) is 0 Å². The molecule has 0 aliphatic rings. The Hall–Kier alpha value is -1.07. The Morgan fingerprint density at radius 3 is 2.71 bits per heavy atom. The minimum absolute atomic E-state index is 0.120. The number of rotatable bonds is 8. The molecule has 0 fully saturated rings. The fourth-order valence-electron chi connectivity index (χ4n) is 1.72. The van der Waals surface area contributed by atoms with E-state index in [2.05, 4.69) is 19.2 Å². The normalized spacial score (nSPS) is 12.4. The quantitative estimate of drug-likeness (QED) is 0.717. The molecule has 1 aromatic carbocycles. The van der Waals surface area contributed by atoms with Crippen LogP contribution in [0.15, 0.2) is 18.2 Å². The van der Waals surface area contributed by atoms with Gasteiger partial charge in [-0.2, -0.15) is 0 Å². The monoisotopic (exact) mass is 330 g/mol. The lowest BCUT2D eigenvalue weighted by atomic mass is 10.2. The molecular weight excluding hydrogens is 308 g/mol. The second-order valence-electron chi connectivity index (χ2n) is 5.41. The largest absolute Gasteiger partial charge is 0.397 e. The summed E-state index contributed by atoms with van der Waals surface area (Å²) >= 11 is 5.80. The third kappa shape index (κ3) is 7.48. The molecule has 118 valence electrons. The van der Waals surface area contributed by atoms with Crippen molar-refractivity contribution in [3.8, 4) is 0 Å². The van der Waals surface area contributed by atoms with Crippen molar-refractivity contribution in [3.63, 3.8) is 0 Å². The zero-order chi connectivity index (χ0) is 15.8. The molecule has 0 spiro atoms. The number of hydrogen-bond donors (Lipinski definition) is 2. The van der Waals surface area contributed by atoms with Gasteiger partial charge in [-0.1, -0.05) is 25.4 Å². The van der Waals surface area contributed by atoms with E-state index in [-0.39, 0.29) is 5.91 Å². The predicted octanol–water partition coefficient (Wildman–Crippen LogP) is 3.44. The highest BCUT2D eigenvalue weighted by Crippen LogP contribution is 2.22. The van der Waals surface area contributed by atoms with Crippen molar-refractivity contribution < 1.29 is 9.00 Å². The van der Waals surface area contributed by atoms with Gasteiger partial charge in [0.05, 0.1) is 11.4 Å². The maximum atomic E-state index is 11.8. The van der Waals surface area contributed by atoms with Crippen LogP contribution in [0.2, 0.25) is 5.02 Å². The van der Waals surface area contributed by atoms with Crippen LogP contribution in [0.3, 0.4) is 0 Å². The molecule has 1 aromatic rings. The first kappa shape index (κ1) is 18.0. The van der Waals surface area contributed by atoms with Crippen molar-refractivity contribution in [2.75, 3.05) is 22.6 Å². The molecule has 3 N–H and O–H groups in total. The van der Waals surface area contributed by atoms with Gasteiger partial charge in [0.1, 0.15) is 0 Å². The Bertz CT molecular complexity index is 506. The number of nitrogens with one attached hydrogen (secondary N) is 1. The second kappa shape index (κ2) is 9.05. The smallest absolute Gasteiger partial charge is 0.224 e. The van der Waals surface area contributed by atoms with Crippen LogP contribution in [0.4, 0.5) is 11.4 Å². The number of benzene rings is 1. The SMILES string of the molecule is CC(C)CCS(=O)CCCC(=O)Nc1ccc(Cl)cc1N. The molecule has 0 saturated heterocycles. The number of halogens is 1. The van der Waals surface area contributed by atoms with Gasteiger partial charge >= 0.3 is 0 Å². The van der Waals surface area contributed by atoms with Crippen LogP contribution >= 0.6 is 11.6 Å². The molecule has 1 unspecified atom stereocenters. The van der Waals surface area contributed by atoms with Gasteiger partial charge in [-0.15, -0.1) is 0 Å². The lowest BCUT2D eigenvalue weighted by Gasteiger charge is -2.08. The first-order valence-corrected chi connectivity index (χ1v) is 8.95. The number of carbonyl (C=O) groups is 1. The molecule has 6 heteroatoms. The summed E-state index contributed by atoms with van der Waals surface area (Å²) in [5.41, 5.74) is 6.77. The van der Waals surface area contributed by atoms with Crippen molar-refractivity contribution in [3.05, 3.63) is 23.2 Å². The van der Waals surface area contributed by atoms with Gasteiger partial charge in [-0.25, -0.2) is 0 Å². The van der Waals surface area contributed by atoms with Crippen LogP contribution in [-0.4, -0.2) is 21.6 Å². The van der Waals surface area contributed by atoms with Gasteiger partial charge in [-0.05, 0) is 37.0 Å². The van der Waals surface area contributed by atoms with Crippen molar-refractivity contribution in [1.29, 1.82) is 0 Å². The molecule has 0 aliphatic heterocycles. The fourth-order valence-corrected chi connectivity index (χ4v) is 3.31. The molecule has 21 heavy (non-hydrogen) atoms. The highest BCUT2D eigenvalue weighted by atomic mass is 35.5. The van der Waals surface area contributed by atoms with Gasteiger partial charge in [0, 0.05) is 33.7 Å². The molecule has 1 atom stereocenters. The first-order chi connectivity index (χ1) is 9.88. The number of hydrogen-bond acceptors (Lipinski definition) is 3. The second-order valence-corrected chi connectivity index (χ2v) is 7.55. The molecule has 4 nitrogen and oxygen atoms in total. The maximum Gasteiger partial charge on any atom is 0.224 e. The summed E-state index contributed by atoms with van der Waals surface area (Å²) in [6.45, 7) is 4.22.